The summed E-state index contributed by atoms with van der Waals surface area (Å²) in [5.74, 6) is 0.591. The van der Waals surface area contributed by atoms with Crippen molar-refractivity contribution in [3.05, 3.63) is 24.3 Å². The van der Waals surface area contributed by atoms with Crippen molar-refractivity contribution in [3.8, 4) is 5.75 Å². The van der Waals surface area contributed by atoms with Crippen molar-refractivity contribution < 1.29 is 19.0 Å². The van der Waals surface area contributed by atoms with Crippen LogP contribution >= 0.6 is 0 Å². The van der Waals surface area contributed by atoms with Crippen LogP contribution in [0.25, 0.3) is 0 Å². The zero-order valence-electron chi connectivity index (χ0n) is 15.9. The number of hydrogen-bond acceptors (Lipinski definition) is 5. The molecule has 0 spiro atoms. The van der Waals surface area contributed by atoms with Crippen molar-refractivity contribution in [2.24, 2.45) is 11.1 Å². The Labute approximate surface area is 155 Å². The van der Waals surface area contributed by atoms with Crippen LogP contribution in [0.15, 0.2) is 24.3 Å². The van der Waals surface area contributed by atoms with Gasteiger partial charge >= 0.3 is 0 Å². The van der Waals surface area contributed by atoms with Gasteiger partial charge in [0, 0.05) is 30.7 Å². The van der Waals surface area contributed by atoms with Crippen LogP contribution < -0.4 is 15.8 Å². The highest BCUT2D eigenvalue weighted by atomic mass is 16.5. The van der Waals surface area contributed by atoms with E-state index >= 15 is 0 Å². The fourth-order valence-electron chi connectivity index (χ4n) is 3.66. The monoisotopic (exact) mass is 362 g/mol. The predicted molar refractivity (Wildman–Crippen MR) is 100 cm³/mol. The first-order valence-electron chi connectivity index (χ1n) is 9.43. The van der Waals surface area contributed by atoms with E-state index in [1.165, 1.54) is 0 Å². The Hall–Kier alpha value is -1.63. The second kappa shape index (κ2) is 7.55. The molecule has 3 N–H and O–H groups in total. The number of ether oxygens (including phenoxy) is 3. The SMILES string of the molecule is CCOC1CC(N)(C(=O)Nc2ccc(OCC3CCCO3)cc2)C1(C)C. The quantitative estimate of drug-likeness (QED) is 0.779. The molecule has 0 radical (unpaired) electrons. The summed E-state index contributed by atoms with van der Waals surface area (Å²) in [4.78, 5) is 12.7. The van der Waals surface area contributed by atoms with Gasteiger partial charge in [0.15, 0.2) is 0 Å². The molecule has 2 fully saturated rings. The van der Waals surface area contributed by atoms with E-state index in [1.54, 1.807) is 0 Å². The molecule has 3 rings (SSSR count). The maximum atomic E-state index is 12.7. The van der Waals surface area contributed by atoms with Gasteiger partial charge in [-0.05, 0) is 44.0 Å². The summed E-state index contributed by atoms with van der Waals surface area (Å²) in [6, 6.07) is 7.36. The van der Waals surface area contributed by atoms with E-state index in [4.69, 9.17) is 19.9 Å². The second-order valence-corrected chi connectivity index (χ2v) is 7.77. The third-order valence-electron chi connectivity index (χ3n) is 5.81. The predicted octanol–water partition coefficient (Wildman–Crippen LogP) is 2.72. The molecule has 1 aromatic carbocycles. The zero-order valence-corrected chi connectivity index (χ0v) is 15.9. The minimum absolute atomic E-state index is 0.0110. The van der Waals surface area contributed by atoms with E-state index < -0.39 is 11.0 Å². The first-order chi connectivity index (χ1) is 12.4. The maximum absolute atomic E-state index is 12.7. The highest BCUT2D eigenvalue weighted by Crippen LogP contribution is 2.50. The zero-order chi connectivity index (χ0) is 18.8. The summed E-state index contributed by atoms with van der Waals surface area (Å²) in [7, 11) is 0. The lowest BCUT2D eigenvalue weighted by Crippen LogP contribution is -2.74. The molecular weight excluding hydrogens is 332 g/mol. The molecule has 2 aliphatic rings. The molecule has 1 amide bonds. The van der Waals surface area contributed by atoms with Gasteiger partial charge in [0.25, 0.3) is 0 Å². The molecule has 3 atom stereocenters. The Kier molecular flexibility index (Phi) is 5.55. The Morgan fingerprint density at radius 3 is 2.65 bits per heavy atom. The molecule has 1 saturated heterocycles. The van der Waals surface area contributed by atoms with Crippen LogP contribution in [0.5, 0.6) is 5.75 Å². The summed E-state index contributed by atoms with van der Waals surface area (Å²) in [6.07, 6.45) is 2.87. The lowest BCUT2D eigenvalue weighted by molar-refractivity contribution is -0.166. The second-order valence-electron chi connectivity index (χ2n) is 7.77. The Balaban J connectivity index is 1.54. The van der Waals surface area contributed by atoms with Crippen LogP contribution in [0, 0.1) is 5.41 Å². The number of amides is 1. The number of rotatable bonds is 7. The van der Waals surface area contributed by atoms with Crippen molar-refractivity contribution in [2.45, 2.75) is 57.8 Å². The van der Waals surface area contributed by atoms with Crippen molar-refractivity contribution in [3.63, 3.8) is 0 Å². The number of nitrogens with one attached hydrogen (secondary N) is 1. The van der Waals surface area contributed by atoms with Crippen molar-refractivity contribution >= 4 is 11.6 Å². The fourth-order valence-corrected chi connectivity index (χ4v) is 3.66. The summed E-state index contributed by atoms with van der Waals surface area (Å²) in [6.45, 7) is 7.93. The smallest absolute Gasteiger partial charge is 0.245 e. The van der Waals surface area contributed by atoms with E-state index in [0.29, 0.717) is 25.3 Å². The van der Waals surface area contributed by atoms with Gasteiger partial charge < -0.3 is 25.3 Å². The number of carbonyl (C=O) groups excluding carboxylic acids is 1. The van der Waals surface area contributed by atoms with Crippen molar-refractivity contribution in [1.29, 1.82) is 0 Å². The largest absolute Gasteiger partial charge is 0.491 e. The van der Waals surface area contributed by atoms with Gasteiger partial charge in [-0.1, -0.05) is 13.8 Å². The van der Waals surface area contributed by atoms with E-state index in [0.717, 1.165) is 25.2 Å². The highest BCUT2D eigenvalue weighted by Gasteiger charge is 2.62. The van der Waals surface area contributed by atoms with Gasteiger partial charge in [0.05, 0.1) is 12.2 Å². The molecule has 1 heterocycles. The lowest BCUT2D eigenvalue weighted by atomic mass is 9.54. The normalized spacial score (nSPS) is 29.8. The van der Waals surface area contributed by atoms with E-state index in [9.17, 15) is 4.79 Å². The lowest BCUT2D eigenvalue weighted by Gasteiger charge is -2.57. The minimum Gasteiger partial charge on any atom is -0.491 e. The van der Waals surface area contributed by atoms with Gasteiger partial charge in [0.1, 0.15) is 17.9 Å². The van der Waals surface area contributed by atoms with E-state index in [-0.39, 0.29) is 18.1 Å². The van der Waals surface area contributed by atoms with Crippen LogP contribution in [-0.2, 0) is 14.3 Å². The van der Waals surface area contributed by atoms with Crippen LogP contribution in [0.2, 0.25) is 0 Å². The molecule has 1 aromatic rings. The number of carbonyl (C=O) groups is 1. The van der Waals surface area contributed by atoms with Gasteiger partial charge in [-0.25, -0.2) is 0 Å². The third-order valence-corrected chi connectivity index (χ3v) is 5.81. The number of benzene rings is 1. The van der Waals surface area contributed by atoms with Gasteiger partial charge in [-0.15, -0.1) is 0 Å². The van der Waals surface area contributed by atoms with Crippen LogP contribution in [0.1, 0.15) is 40.0 Å². The standard InChI is InChI=1S/C20H30N2O4/c1-4-24-17-12-20(21,19(17,2)3)18(23)22-14-7-9-15(10-8-14)26-13-16-6-5-11-25-16/h7-10,16-17H,4-6,11-13,21H2,1-3H3,(H,22,23). The number of anilines is 1. The molecule has 144 valence electrons. The van der Waals surface area contributed by atoms with Crippen molar-refractivity contribution in [2.75, 3.05) is 25.1 Å². The summed E-state index contributed by atoms with van der Waals surface area (Å²) >= 11 is 0. The van der Waals surface area contributed by atoms with Crippen LogP contribution in [0.4, 0.5) is 5.69 Å². The Bertz CT molecular complexity index is 625. The van der Waals surface area contributed by atoms with E-state index in [1.807, 2.05) is 45.0 Å². The number of hydrogen-bond donors (Lipinski definition) is 2. The Morgan fingerprint density at radius 2 is 2.08 bits per heavy atom. The molecule has 1 aliphatic heterocycles. The van der Waals surface area contributed by atoms with Gasteiger partial charge in [0.2, 0.25) is 5.91 Å². The molecule has 1 aliphatic carbocycles. The minimum atomic E-state index is -0.929. The first kappa shape index (κ1) is 19.1. The van der Waals surface area contributed by atoms with Crippen LogP contribution in [-0.4, -0.2) is 43.5 Å². The molecule has 0 bridgehead atoms. The topological polar surface area (TPSA) is 82.8 Å². The molecule has 1 saturated carbocycles. The fraction of sp³-hybridized carbons (Fsp3) is 0.650. The highest BCUT2D eigenvalue weighted by molar-refractivity contribution is 5.99. The van der Waals surface area contributed by atoms with Gasteiger partial charge in [-0.3, -0.25) is 4.79 Å². The molecule has 26 heavy (non-hydrogen) atoms. The molecule has 0 aromatic heterocycles. The summed E-state index contributed by atoms with van der Waals surface area (Å²) < 4.78 is 17.0. The Morgan fingerprint density at radius 1 is 1.35 bits per heavy atom. The maximum Gasteiger partial charge on any atom is 0.245 e. The van der Waals surface area contributed by atoms with Gasteiger partial charge in [-0.2, -0.15) is 0 Å². The number of nitrogens with two attached hydrogens (primary N) is 1. The molecule has 6 heteroatoms. The third kappa shape index (κ3) is 3.59. The van der Waals surface area contributed by atoms with Crippen molar-refractivity contribution in [1.82, 2.24) is 0 Å². The molecular formula is C20H30N2O4. The first-order valence-corrected chi connectivity index (χ1v) is 9.43. The average Bonchev–Trinajstić information content (AvgIpc) is 3.14. The summed E-state index contributed by atoms with van der Waals surface area (Å²) in [5.41, 5.74) is 5.78. The summed E-state index contributed by atoms with van der Waals surface area (Å²) in [5, 5.41) is 2.93. The molecule has 6 nitrogen and oxygen atoms in total. The molecule has 3 unspecified atom stereocenters. The average molecular weight is 362 g/mol. The van der Waals surface area contributed by atoms with E-state index in [2.05, 4.69) is 5.32 Å². The van der Waals surface area contributed by atoms with Crippen LogP contribution in [0.3, 0.4) is 0 Å².